The van der Waals surface area contributed by atoms with Gasteiger partial charge in [-0.05, 0) is 43.4 Å². The van der Waals surface area contributed by atoms with Gasteiger partial charge in [-0.1, -0.05) is 30.7 Å². The van der Waals surface area contributed by atoms with E-state index in [1.54, 1.807) is 12.1 Å². The average molecular weight is 297 g/mol. The molecule has 0 aromatic heterocycles. The van der Waals surface area contributed by atoms with Gasteiger partial charge >= 0.3 is 6.36 Å². The molecule has 0 atom stereocenters. The molecule has 0 aliphatic carbocycles. The number of hydrogen-bond acceptors (Lipinski definition) is 2. The van der Waals surface area contributed by atoms with Crippen LogP contribution in [0.4, 0.5) is 13.2 Å². The van der Waals surface area contributed by atoms with E-state index in [0.29, 0.717) is 6.42 Å². The third kappa shape index (κ3) is 7.40. The Morgan fingerprint density at radius 2 is 1.95 bits per heavy atom. The van der Waals surface area contributed by atoms with Crippen LogP contribution in [0.25, 0.3) is 0 Å². The van der Waals surface area contributed by atoms with E-state index in [0.717, 1.165) is 31.2 Å². The molecule has 0 unspecified atom stereocenters. The summed E-state index contributed by atoms with van der Waals surface area (Å²) in [6.45, 7) is 2.05. The van der Waals surface area contributed by atoms with Crippen molar-refractivity contribution in [2.45, 2.75) is 45.4 Å². The Labute approximate surface area is 122 Å². The van der Waals surface area contributed by atoms with Gasteiger partial charge in [0.25, 0.3) is 0 Å². The molecule has 5 heteroatoms. The van der Waals surface area contributed by atoms with Crippen LogP contribution in [0.1, 0.15) is 38.2 Å². The summed E-state index contributed by atoms with van der Waals surface area (Å²) in [5.41, 5.74) is 2.20. The van der Waals surface area contributed by atoms with Gasteiger partial charge in [0.1, 0.15) is 5.75 Å². The second-order valence-corrected chi connectivity index (χ2v) is 4.60. The number of aryl methyl sites for hydroxylation is 1. The number of rotatable bonds is 7. The summed E-state index contributed by atoms with van der Waals surface area (Å²) in [5, 5.41) is 8.55. The van der Waals surface area contributed by atoms with E-state index < -0.39 is 6.36 Å². The molecule has 0 radical (unpaired) electrons. The lowest BCUT2D eigenvalue weighted by atomic mass is 10.0. The van der Waals surface area contributed by atoms with E-state index in [9.17, 15) is 13.2 Å². The van der Waals surface area contributed by atoms with Crippen LogP contribution in [-0.4, -0.2) is 6.36 Å². The predicted molar refractivity (Wildman–Crippen MR) is 74.7 cm³/mol. The summed E-state index contributed by atoms with van der Waals surface area (Å²) in [6, 6.07) is 8.03. The van der Waals surface area contributed by atoms with Crippen molar-refractivity contribution in [2.75, 3.05) is 0 Å². The van der Waals surface area contributed by atoms with Gasteiger partial charge < -0.3 is 4.74 Å². The molecule has 1 rings (SSSR count). The molecule has 0 amide bonds. The lowest BCUT2D eigenvalue weighted by molar-refractivity contribution is -0.274. The predicted octanol–water partition coefficient (Wildman–Crippen LogP) is 5.16. The third-order valence-electron chi connectivity index (χ3n) is 3.03. The second kappa shape index (κ2) is 8.35. The van der Waals surface area contributed by atoms with E-state index in [-0.39, 0.29) is 5.75 Å². The normalized spacial score (nSPS) is 12.0. The second-order valence-electron chi connectivity index (χ2n) is 4.60. The summed E-state index contributed by atoms with van der Waals surface area (Å²) >= 11 is 0. The number of nitrogens with zero attached hydrogens (tertiary/aromatic N) is 1. The Morgan fingerprint density at radius 1 is 1.29 bits per heavy atom. The van der Waals surface area contributed by atoms with Gasteiger partial charge in [0.15, 0.2) is 0 Å². The van der Waals surface area contributed by atoms with Crippen molar-refractivity contribution < 1.29 is 17.9 Å². The highest BCUT2D eigenvalue weighted by atomic mass is 19.4. The molecule has 0 aliphatic heterocycles. The van der Waals surface area contributed by atoms with Crippen molar-refractivity contribution in [3.8, 4) is 11.8 Å². The molecule has 0 bridgehead atoms. The number of nitriles is 1. The number of halogens is 3. The van der Waals surface area contributed by atoms with Crippen molar-refractivity contribution in [3.63, 3.8) is 0 Å². The summed E-state index contributed by atoms with van der Waals surface area (Å²) < 4.78 is 39.9. The molecule has 2 nitrogen and oxygen atoms in total. The maximum Gasteiger partial charge on any atom is 0.573 e. The molecule has 1 aromatic rings. The van der Waals surface area contributed by atoms with E-state index in [4.69, 9.17) is 5.26 Å². The number of allylic oxidation sites excluding steroid dienone is 2. The molecule has 0 saturated carbocycles. The summed E-state index contributed by atoms with van der Waals surface area (Å²) in [6.07, 6.45) is 1.24. The maximum atomic E-state index is 12.0. The Hall–Kier alpha value is -1.96. The molecule has 0 N–H and O–H groups in total. The van der Waals surface area contributed by atoms with Crippen LogP contribution in [0, 0.1) is 11.3 Å². The first-order chi connectivity index (χ1) is 9.94. The zero-order chi connectivity index (χ0) is 15.7. The van der Waals surface area contributed by atoms with Crippen LogP contribution < -0.4 is 4.74 Å². The van der Waals surface area contributed by atoms with Gasteiger partial charge in [0.05, 0.1) is 6.07 Å². The van der Waals surface area contributed by atoms with Crippen LogP contribution >= 0.6 is 0 Å². The quantitative estimate of drug-likeness (QED) is 0.651. The first-order valence-electron chi connectivity index (χ1n) is 6.84. The third-order valence-corrected chi connectivity index (χ3v) is 3.03. The smallest absolute Gasteiger partial charge is 0.406 e. The van der Waals surface area contributed by atoms with Gasteiger partial charge in [-0.15, -0.1) is 13.2 Å². The highest BCUT2D eigenvalue weighted by molar-refractivity contribution is 5.27. The Morgan fingerprint density at radius 3 is 2.48 bits per heavy atom. The molecule has 0 spiro atoms. The average Bonchev–Trinajstić information content (AvgIpc) is 2.43. The van der Waals surface area contributed by atoms with E-state index in [2.05, 4.69) is 16.9 Å². The van der Waals surface area contributed by atoms with Crippen LogP contribution in [0.2, 0.25) is 0 Å². The van der Waals surface area contributed by atoms with Crippen LogP contribution in [0.3, 0.4) is 0 Å². The zero-order valence-corrected chi connectivity index (χ0v) is 11.9. The summed E-state index contributed by atoms with van der Waals surface area (Å²) in [4.78, 5) is 0. The van der Waals surface area contributed by atoms with E-state index >= 15 is 0 Å². The van der Waals surface area contributed by atoms with Crippen molar-refractivity contribution >= 4 is 0 Å². The first-order valence-corrected chi connectivity index (χ1v) is 6.84. The van der Waals surface area contributed by atoms with Gasteiger partial charge in [0, 0.05) is 6.42 Å². The minimum atomic E-state index is -4.65. The van der Waals surface area contributed by atoms with Gasteiger partial charge in [-0.25, -0.2) is 0 Å². The van der Waals surface area contributed by atoms with Gasteiger partial charge in [-0.3, -0.25) is 0 Å². The maximum absolute atomic E-state index is 12.0. The summed E-state index contributed by atoms with van der Waals surface area (Å²) in [7, 11) is 0. The topological polar surface area (TPSA) is 33.0 Å². The number of benzene rings is 1. The van der Waals surface area contributed by atoms with E-state index in [1.165, 1.54) is 17.7 Å². The SMILES string of the molecule is CCC(=CCCc1ccc(OC(F)(F)F)cc1)CCC#N. The van der Waals surface area contributed by atoms with Gasteiger partial charge in [0.2, 0.25) is 0 Å². The molecule has 0 heterocycles. The fourth-order valence-electron chi connectivity index (χ4n) is 1.94. The lowest BCUT2D eigenvalue weighted by Gasteiger charge is -2.09. The molecular formula is C16H18F3NO. The summed E-state index contributed by atoms with van der Waals surface area (Å²) in [5.74, 6) is -0.204. The van der Waals surface area contributed by atoms with Crippen LogP contribution in [0.15, 0.2) is 35.9 Å². The Kier molecular flexibility index (Phi) is 6.80. The monoisotopic (exact) mass is 297 g/mol. The van der Waals surface area contributed by atoms with Crippen LogP contribution in [-0.2, 0) is 6.42 Å². The Bertz CT molecular complexity index is 498. The highest BCUT2D eigenvalue weighted by Crippen LogP contribution is 2.23. The molecule has 0 fully saturated rings. The number of alkyl halides is 3. The highest BCUT2D eigenvalue weighted by Gasteiger charge is 2.30. The first kappa shape index (κ1) is 17.1. The van der Waals surface area contributed by atoms with Crippen molar-refractivity contribution in [2.24, 2.45) is 0 Å². The van der Waals surface area contributed by atoms with Crippen molar-refractivity contribution in [1.29, 1.82) is 5.26 Å². The van der Waals surface area contributed by atoms with Crippen LogP contribution in [0.5, 0.6) is 5.75 Å². The number of ether oxygens (including phenoxy) is 1. The molecule has 0 aliphatic rings. The van der Waals surface area contributed by atoms with Crippen molar-refractivity contribution in [3.05, 3.63) is 41.5 Å². The molecule has 114 valence electrons. The largest absolute Gasteiger partial charge is 0.573 e. The molecule has 1 aromatic carbocycles. The lowest BCUT2D eigenvalue weighted by Crippen LogP contribution is -2.17. The molecular weight excluding hydrogens is 279 g/mol. The fourth-order valence-corrected chi connectivity index (χ4v) is 1.94. The zero-order valence-electron chi connectivity index (χ0n) is 11.9. The molecule has 21 heavy (non-hydrogen) atoms. The van der Waals surface area contributed by atoms with Crippen molar-refractivity contribution in [1.82, 2.24) is 0 Å². The standard InChI is InChI=1S/C16H18F3NO/c1-2-13(7-4-12-20)5-3-6-14-8-10-15(11-9-14)21-16(17,18)19/h5,8-11H,2-4,6-7H2,1H3. The van der Waals surface area contributed by atoms with E-state index in [1.807, 2.05) is 6.92 Å². The fraction of sp³-hybridized carbons (Fsp3) is 0.438. The number of hydrogen-bond donors (Lipinski definition) is 0. The van der Waals surface area contributed by atoms with Gasteiger partial charge in [-0.2, -0.15) is 5.26 Å². The Balaban J connectivity index is 2.49. The molecule has 0 saturated heterocycles. The minimum Gasteiger partial charge on any atom is -0.406 e. The minimum absolute atomic E-state index is 0.204.